The third-order valence-electron chi connectivity index (χ3n) is 4.55. The first-order valence-electron chi connectivity index (χ1n) is 8.48. The number of nitrogens with zero attached hydrogens (tertiary/aromatic N) is 2. The van der Waals surface area contributed by atoms with Crippen LogP contribution >= 0.6 is 0 Å². The summed E-state index contributed by atoms with van der Waals surface area (Å²) in [6, 6.07) is 15.1. The maximum atomic E-state index is 13.0. The minimum atomic E-state index is -1.33. The Balaban J connectivity index is 1.96. The molecule has 140 valence electrons. The largest absolute Gasteiger partial charge is 0.480 e. The molecule has 1 fully saturated rings. The van der Waals surface area contributed by atoms with E-state index < -0.39 is 30.1 Å². The van der Waals surface area contributed by atoms with Gasteiger partial charge in [0, 0.05) is 13.1 Å². The van der Waals surface area contributed by atoms with Gasteiger partial charge in [0.1, 0.15) is 0 Å². The number of urea groups is 1. The highest BCUT2D eigenvalue weighted by Gasteiger charge is 2.53. The average Bonchev–Trinajstić information content (AvgIpc) is 2.95. The SMILES string of the molecule is COC(=O)C1C(C(=O)O)N(Cc2ccccc2)C(=O)N1Cc1ccccc1. The van der Waals surface area contributed by atoms with E-state index in [-0.39, 0.29) is 13.1 Å². The molecule has 1 saturated heterocycles. The van der Waals surface area contributed by atoms with Gasteiger partial charge < -0.3 is 19.6 Å². The van der Waals surface area contributed by atoms with Crippen molar-refractivity contribution in [2.24, 2.45) is 0 Å². The van der Waals surface area contributed by atoms with Gasteiger partial charge in [-0.15, -0.1) is 0 Å². The molecule has 1 aliphatic rings. The number of hydrogen-bond acceptors (Lipinski definition) is 4. The van der Waals surface area contributed by atoms with Gasteiger partial charge in [-0.05, 0) is 11.1 Å². The second-order valence-corrected chi connectivity index (χ2v) is 6.26. The molecule has 0 radical (unpaired) electrons. The summed E-state index contributed by atoms with van der Waals surface area (Å²) < 4.78 is 4.81. The Labute approximate surface area is 156 Å². The predicted molar refractivity (Wildman–Crippen MR) is 96.6 cm³/mol. The number of esters is 1. The van der Waals surface area contributed by atoms with Crippen LogP contribution in [0.25, 0.3) is 0 Å². The number of carbonyl (C=O) groups is 3. The molecule has 7 nitrogen and oxygen atoms in total. The standard InChI is InChI=1S/C20H20N2O5/c1-27-19(25)17-16(18(23)24)21(12-14-8-4-2-5-9-14)20(26)22(17)13-15-10-6-3-7-11-15/h2-11,16-17H,12-13H2,1H3,(H,23,24). The number of benzene rings is 2. The van der Waals surface area contributed by atoms with Gasteiger partial charge in [-0.1, -0.05) is 60.7 Å². The second-order valence-electron chi connectivity index (χ2n) is 6.26. The normalized spacial score (nSPS) is 19.2. The number of carboxylic acids is 1. The van der Waals surface area contributed by atoms with Crippen LogP contribution in [0.1, 0.15) is 11.1 Å². The van der Waals surface area contributed by atoms with Crippen LogP contribution in [-0.2, 0) is 27.4 Å². The lowest BCUT2D eigenvalue weighted by Crippen LogP contribution is -2.48. The fourth-order valence-corrected chi connectivity index (χ4v) is 3.28. The number of amides is 2. The smallest absolute Gasteiger partial charge is 0.331 e. The monoisotopic (exact) mass is 368 g/mol. The molecule has 1 N–H and O–H groups in total. The van der Waals surface area contributed by atoms with Crippen molar-refractivity contribution < 1.29 is 24.2 Å². The van der Waals surface area contributed by atoms with Crippen LogP contribution in [0.2, 0.25) is 0 Å². The Morgan fingerprint density at radius 2 is 1.33 bits per heavy atom. The van der Waals surface area contributed by atoms with E-state index in [4.69, 9.17) is 4.74 Å². The van der Waals surface area contributed by atoms with E-state index in [0.29, 0.717) is 0 Å². The van der Waals surface area contributed by atoms with Crippen LogP contribution in [0.5, 0.6) is 0 Å². The molecule has 1 aliphatic heterocycles. The minimum absolute atomic E-state index is 0.0927. The number of aliphatic carboxylic acids is 1. The highest BCUT2D eigenvalue weighted by molar-refractivity contribution is 5.96. The van der Waals surface area contributed by atoms with Crippen molar-refractivity contribution in [3.63, 3.8) is 0 Å². The fraction of sp³-hybridized carbons (Fsp3) is 0.250. The van der Waals surface area contributed by atoms with Gasteiger partial charge in [-0.3, -0.25) is 0 Å². The summed E-state index contributed by atoms with van der Waals surface area (Å²) in [5.41, 5.74) is 1.58. The molecule has 1 heterocycles. The highest BCUT2D eigenvalue weighted by atomic mass is 16.5. The summed E-state index contributed by atoms with van der Waals surface area (Å²) in [4.78, 5) is 39.8. The Kier molecular flexibility index (Phi) is 5.40. The summed E-state index contributed by atoms with van der Waals surface area (Å²) >= 11 is 0. The van der Waals surface area contributed by atoms with E-state index in [1.807, 2.05) is 48.5 Å². The summed E-state index contributed by atoms with van der Waals surface area (Å²) in [5.74, 6) is -1.99. The molecular weight excluding hydrogens is 348 g/mol. The van der Waals surface area contributed by atoms with Crippen molar-refractivity contribution >= 4 is 18.0 Å². The Morgan fingerprint density at radius 1 is 0.889 bits per heavy atom. The summed E-state index contributed by atoms with van der Waals surface area (Å²) in [6.07, 6.45) is 0. The number of carboxylic acid groups (broad SMARTS) is 1. The molecule has 0 aromatic heterocycles. The van der Waals surface area contributed by atoms with Crippen molar-refractivity contribution in [1.82, 2.24) is 9.80 Å². The van der Waals surface area contributed by atoms with Crippen molar-refractivity contribution in [3.8, 4) is 0 Å². The van der Waals surface area contributed by atoms with Crippen molar-refractivity contribution in [1.29, 1.82) is 0 Å². The third kappa shape index (κ3) is 3.76. The van der Waals surface area contributed by atoms with Crippen molar-refractivity contribution in [2.45, 2.75) is 25.2 Å². The molecular formula is C20H20N2O5. The molecule has 27 heavy (non-hydrogen) atoms. The zero-order chi connectivity index (χ0) is 19.4. The summed E-state index contributed by atoms with van der Waals surface area (Å²) in [5, 5.41) is 9.75. The molecule has 3 rings (SSSR count). The first-order chi connectivity index (χ1) is 13.0. The molecule has 0 saturated carbocycles. The molecule has 7 heteroatoms. The second kappa shape index (κ2) is 7.90. The first kappa shape index (κ1) is 18.4. The predicted octanol–water partition coefficient (Wildman–Crippen LogP) is 2.12. The molecule has 2 aromatic rings. The van der Waals surface area contributed by atoms with Gasteiger partial charge in [0.25, 0.3) is 0 Å². The van der Waals surface area contributed by atoms with Crippen molar-refractivity contribution in [2.75, 3.05) is 7.11 Å². The maximum absolute atomic E-state index is 13.0. The maximum Gasteiger partial charge on any atom is 0.331 e. The van der Waals surface area contributed by atoms with Gasteiger partial charge in [0.15, 0.2) is 12.1 Å². The lowest BCUT2D eigenvalue weighted by Gasteiger charge is -2.23. The van der Waals surface area contributed by atoms with E-state index in [0.717, 1.165) is 11.1 Å². The molecule has 2 atom stereocenters. The van der Waals surface area contributed by atoms with Crippen molar-refractivity contribution in [3.05, 3.63) is 71.8 Å². The summed E-state index contributed by atoms with van der Waals surface area (Å²) in [6.45, 7) is 0.212. The van der Waals surface area contributed by atoms with Crippen LogP contribution in [0.15, 0.2) is 60.7 Å². The van der Waals surface area contributed by atoms with E-state index >= 15 is 0 Å². The minimum Gasteiger partial charge on any atom is -0.480 e. The first-order valence-corrected chi connectivity index (χ1v) is 8.48. The zero-order valence-corrected chi connectivity index (χ0v) is 14.8. The molecule has 0 aliphatic carbocycles. The lowest BCUT2D eigenvalue weighted by molar-refractivity contribution is -0.153. The lowest BCUT2D eigenvalue weighted by atomic mass is 10.1. The van der Waals surface area contributed by atoms with Crippen LogP contribution in [0.3, 0.4) is 0 Å². The Bertz CT molecular complexity index is 825. The quantitative estimate of drug-likeness (QED) is 0.789. The zero-order valence-electron chi connectivity index (χ0n) is 14.8. The number of ether oxygens (including phenoxy) is 1. The number of hydrogen-bond donors (Lipinski definition) is 1. The summed E-state index contributed by atoms with van der Waals surface area (Å²) in [7, 11) is 1.19. The van der Waals surface area contributed by atoms with Crippen LogP contribution in [-0.4, -0.2) is 52.1 Å². The van der Waals surface area contributed by atoms with Gasteiger partial charge in [-0.25, -0.2) is 14.4 Å². The van der Waals surface area contributed by atoms with Crippen LogP contribution in [0, 0.1) is 0 Å². The molecule has 2 amide bonds. The van der Waals surface area contributed by atoms with E-state index in [2.05, 4.69) is 0 Å². The third-order valence-corrected chi connectivity index (χ3v) is 4.55. The van der Waals surface area contributed by atoms with Gasteiger partial charge in [0.2, 0.25) is 0 Å². The van der Waals surface area contributed by atoms with E-state index in [1.165, 1.54) is 16.9 Å². The van der Waals surface area contributed by atoms with Gasteiger partial charge in [-0.2, -0.15) is 0 Å². The van der Waals surface area contributed by atoms with Gasteiger partial charge >= 0.3 is 18.0 Å². The van der Waals surface area contributed by atoms with E-state index in [1.54, 1.807) is 12.1 Å². The molecule has 0 bridgehead atoms. The highest BCUT2D eigenvalue weighted by Crippen LogP contribution is 2.28. The Morgan fingerprint density at radius 3 is 1.74 bits per heavy atom. The number of rotatable bonds is 6. The molecule has 2 unspecified atom stereocenters. The molecule has 2 aromatic carbocycles. The molecule has 0 spiro atoms. The van der Waals surface area contributed by atoms with Gasteiger partial charge in [0.05, 0.1) is 7.11 Å². The average molecular weight is 368 g/mol. The van der Waals surface area contributed by atoms with Crippen LogP contribution in [0.4, 0.5) is 4.79 Å². The fourth-order valence-electron chi connectivity index (χ4n) is 3.28. The topological polar surface area (TPSA) is 87.1 Å². The van der Waals surface area contributed by atoms with E-state index in [9.17, 15) is 19.5 Å². The number of carbonyl (C=O) groups excluding carboxylic acids is 2. The van der Waals surface area contributed by atoms with Crippen LogP contribution < -0.4 is 0 Å². The number of methoxy groups -OCH3 is 1. The Hall–Kier alpha value is -3.35.